The number of carbonyl (C=O) groups excluding carboxylic acids is 1. The van der Waals surface area contributed by atoms with Gasteiger partial charge in [0.1, 0.15) is 0 Å². The predicted molar refractivity (Wildman–Crippen MR) is 95.2 cm³/mol. The zero-order valence-electron chi connectivity index (χ0n) is 13.1. The Balaban J connectivity index is 1.70. The van der Waals surface area contributed by atoms with Crippen molar-refractivity contribution in [1.82, 2.24) is 4.90 Å². The maximum absolute atomic E-state index is 12.7. The molecule has 0 atom stereocenters. The monoisotopic (exact) mass is 329 g/mol. The van der Waals surface area contributed by atoms with Crippen molar-refractivity contribution in [1.29, 1.82) is 0 Å². The first-order valence-electron chi connectivity index (χ1n) is 7.71. The van der Waals surface area contributed by atoms with Crippen molar-refractivity contribution in [3.05, 3.63) is 58.6 Å². The van der Waals surface area contributed by atoms with E-state index in [0.29, 0.717) is 24.3 Å². The van der Waals surface area contributed by atoms with Crippen LogP contribution in [0.3, 0.4) is 0 Å². The average Bonchev–Trinajstić information content (AvgIpc) is 2.57. The van der Waals surface area contributed by atoms with Crippen LogP contribution in [0.4, 0.5) is 11.4 Å². The molecule has 2 N–H and O–H groups in total. The summed E-state index contributed by atoms with van der Waals surface area (Å²) in [4.78, 5) is 16.8. The van der Waals surface area contributed by atoms with Gasteiger partial charge in [0.05, 0.1) is 10.7 Å². The van der Waals surface area contributed by atoms with E-state index in [1.807, 2.05) is 48.2 Å². The standard InChI is InChI=1S/C18H20ClN3O/c1-13-6-7-14(20)12-15(13)18(23)22-10-8-21(9-11-22)17-5-3-2-4-16(17)19/h2-7,12H,8-11,20H2,1H3. The summed E-state index contributed by atoms with van der Waals surface area (Å²) in [7, 11) is 0. The van der Waals surface area contributed by atoms with Gasteiger partial charge in [0.2, 0.25) is 0 Å². The maximum Gasteiger partial charge on any atom is 0.254 e. The number of benzene rings is 2. The highest BCUT2D eigenvalue weighted by Gasteiger charge is 2.24. The fourth-order valence-electron chi connectivity index (χ4n) is 2.90. The third-order valence-corrected chi connectivity index (χ3v) is 4.57. The molecule has 2 aromatic carbocycles. The first kappa shape index (κ1) is 15.7. The van der Waals surface area contributed by atoms with Gasteiger partial charge in [-0.2, -0.15) is 0 Å². The number of rotatable bonds is 2. The van der Waals surface area contributed by atoms with Crippen molar-refractivity contribution in [2.24, 2.45) is 0 Å². The molecule has 120 valence electrons. The molecule has 0 aromatic heterocycles. The third kappa shape index (κ3) is 3.27. The number of nitrogens with two attached hydrogens (primary N) is 1. The van der Waals surface area contributed by atoms with E-state index >= 15 is 0 Å². The second kappa shape index (κ2) is 6.50. The number of piperazine rings is 1. The number of hydrogen-bond donors (Lipinski definition) is 1. The molecule has 1 aliphatic rings. The minimum absolute atomic E-state index is 0.0496. The van der Waals surface area contributed by atoms with Gasteiger partial charge in [0, 0.05) is 37.4 Å². The van der Waals surface area contributed by atoms with Gasteiger partial charge >= 0.3 is 0 Å². The van der Waals surface area contributed by atoms with Crippen LogP contribution in [0.5, 0.6) is 0 Å². The lowest BCUT2D eigenvalue weighted by Gasteiger charge is -2.36. The number of carbonyl (C=O) groups is 1. The second-order valence-electron chi connectivity index (χ2n) is 5.81. The molecular formula is C18H20ClN3O. The molecule has 5 heteroatoms. The Kier molecular flexibility index (Phi) is 4.44. The van der Waals surface area contributed by atoms with E-state index in [1.165, 1.54) is 0 Å². The van der Waals surface area contributed by atoms with Crippen LogP contribution in [0.2, 0.25) is 5.02 Å². The number of aryl methyl sites for hydroxylation is 1. The molecule has 0 unspecified atom stereocenters. The van der Waals surface area contributed by atoms with E-state index < -0.39 is 0 Å². The molecule has 0 saturated carbocycles. The molecule has 2 aromatic rings. The third-order valence-electron chi connectivity index (χ3n) is 4.25. The van der Waals surface area contributed by atoms with Crippen LogP contribution in [0.1, 0.15) is 15.9 Å². The number of nitrogens with zero attached hydrogens (tertiary/aromatic N) is 2. The van der Waals surface area contributed by atoms with E-state index in [0.717, 1.165) is 29.4 Å². The number of para-hydroxylation sites is 1. The van der Waals surface area contributed by atoms with Crippen molar-refractivity contribution >= 4 is 28.9 Å². The topological polar surface area (TPSA) is 49.6 Å². The largest absolute Gasteiger partial charge is 0.399 e. The zero-order valence-corrected chi connectivity index (χ0v) is 13.9. The minimum Gasteiger partial charge on any atom is -0.399 e. The van der Waals surface area contributed by atoms with Crippen LogP contribution in [-0.4, -0.2) is 37.0 Å². The number of amides is 1. The van der Waals surface area contributed by atoms with Crippen LogP contribution in [0, 0.1) is 6.92 Å². The Bertz CT molecular complexity index is 724. The first-order valence-corrected chi connectivity index (χ1v) is 8.09. The number of anilines is 2. The maximum atomic E-state index is 12.7. The van der Waals surface area contributed by atoms with Crippen LogP contribution >= 0.6 is 11.6 Å². The highest BCUT2D eigenvalue weighted by molar-refractivity contribution is 6.33. The van der Waals surface area contributed by atoms with E-state index in [9.17, 15) is 4.79 Å². The zero-order chi connectivity index (χ0) is 16.4. The van der Waals surface area contributed by atoms with Crippen molar-refractivity contribution < 1.29 is 4.79 Å². The predicted octanol–water partition coefficient (Wildman–Crippen LogP) is 3.19. The Morgan fingerprint density at radius 1 is 1.09 bits per heavy atom. The van der Waals surface area contributed by atoms with Gasteiger partial charge in [0.15, 0.2) is 0 Å². The Labute approximate surface area is 141 Å². The number of nitrogen functional groups attached to an aromatic ring is 1. The summed E-state index contributed by atoms with van der Waals surface area (Å²) in [6.07, 6.45) is 0. The molecule has 3 rings (SSSR count). The van der Waals surface area contributed by atoms with Gasteiger partial charge in [-0.25, -0.2) is 0 Å². The van der Waals surface area contributed by atoms with Crippen molar-refractivity contribution in [2.45, 2.75) is 6.92 Å². The summed E-state index contributed by atoms with van der Waals surface area (Å²) in [6.45, 7) is 4.84. The lowest BCUT2D eigenvalue weighted by atomic mass is 10.1. The average molecular weight is 330 g/mol. The summed E-state index contributed by atoms with van der Waals surface area (Å²) < 4.78 is 0. The van der Waals surface area contributed by atoms with Gasteiger partial charge in [0.25, 0.3) is 5.91 Å². The van der Waals surface area contributed by atoms with Crippen LogP contribution < -0.4 is 10.6 Å². The van der Waals surface area contributed by atoms with E-state index in [1.54, 1.807) is 6.07 Å². The molecule has 1 saturated heterocycles. The molecule has 1 fully saturated rings. The molecule has 1 amide bonds. The Hall–Kier alpha value is -2.20. The molecule has 23 heavy (non-hydrogen) atoms. The molecule has 1 heterocycles. The Morgan fingerprint density at radius 3 is 2.48 bits per heavy atom. The molecule has 1 aliphatic heterocycles. The molecule has 0 spiro atoms. The molecule has 4 nitrogen and oxygen atoms in total. The lowest BCUT2D eigenvalue weighted by molar-refractivity contribution is 0.0746. The summed E-state index contributed by atoms with van der Waals surface area (Å²) in [6, 6.07) is 13.3. The van der Waals surface area contributed by atoms with Gasteiger partial charge in [-0.15, -0.1) is 0 Å². The normalized spacial score (nSPS) is 14.9. The highest BCUT2D eigenvalue weighted by atomic mass is 35.5. The van der Waals surface area contributed by atoms with Gasteiger partial charge in [-0.05, 0) is 36.8 Å². The smallest absolute Gasteiger partial charge is 0.254 e. The molecule has 0 bridgehead atoms. The van der Waals surface area contributed by atoms with Crippen molar-refractivity contribution in [2.75, 3.05) is 36.8 Å². The fourth-order valence-corrected chi connectivity index (χ4v) is 3.15. The van der Waals surface area contributed by atoms with Crippen molar-refractivity contribution in [3.8, 4) is 0 Å². The summed E-state index contributed by atoms with van der Waals surface area (Å²) in [5.41, 5.74) is 9.11. The quantitative estimate of drug-likeness (QED) is 0.861. The van der Waals surface area contributed by atoms with Crippen LogP contribution in [0.15, 0.2) is 42.5 Å². The SMILES string of the molecule is Cc1ccc(N)cc1C(=O)N1CCN(c2ccccc2Cl)CC1. The van der Waals surface area contributed by atoms with Crippen molar-refractivity contribution in [3.63, 3.8) is 0 Å². The molecule has 0 radical (unpaired) electrons. The first-order chi connectivity index (χ1) is 11.1. The summed E-state index contributed by atoms with van der Waals surface area (Å²) in [5, 5.41) is 0.749. The lowest BCUT2D eigenvalue weighted by Crippen LogP contribution is -2.49. The molecular weight excluding hydrogens is 310 g/mol. The van der Waals surface area contributed by atoms with E-state index in [2.05, 4.69) is 4.90 Å². The summed E-state index contributed by atoms with van der Waals surface area (Å²) >= 11 is 6.25. The Morgan fingerprint density at radius 2 is 1.78 bits per heavy atom. The highest BCUT2D eigenvalue weighted by Crippen LogP contribution is 2.26. The van der Waals surface area contributed by atoms with Crippen LogP contribution in [0.25, 0.3) is 0 Å². The van der Waals surface area contributed by atoms with E-state index in [4.69, 9.17) is 17.3 Å². The minimum atomic E-state index is 0.0496. The summed E-state index contributed by atoms with van der Waals surface area (Å²) in [5.74, 6) is 0.0496. The number of halogens is 1. The molecule has 0 aliphatic carbocycles. The van der Waals surface area contributed by atoms with Gasteiger partial charge < -0.3 is 15.5 Å². The van der Waals surface area contributed by atoms with E-state index in [-0.39, 0.29) is 5.91 Å². The van der Waals surface area contributed by atoms with Gasteiger partial charge in [-0.3, -0.25) is 4.79 Å². The van der Waals surface area contributed by atoms with Crippen LogP contribution in [-0.2, 0) is 0 Å². The number of hydrogen-bond acceptors (Lipinski definition) is 3. The fraction of sp³-hybridized carbons (Fsp3) is 0.278. The van der Waals surface area contributed by atoms with Gasteiger partial charge in [-0.1, -0.05) is 29.8 Å². The second-order valence-corrected chi connectivity index (χ2v) is 6.21.